The molecule has 2 N–H and O–H groups in total. The second kappa shape index (κ2) is 7.81. The van der Waals surface area contributed by atoms with E-state index in [2.05, 4.69) is 15.6 Å². The van der Waals surface area contributed by atoms with Crippen LogP contribution < -0.4 is 15.4 Å². The molecule has 0 radical (unpaired) electrons. The fourth-order valence-electron chi connectivity index (χ4n) is 2.33. The van der Waals surface area contributed by atoms with Crippen molar-refractivity contribution in [3.05, 3.63) is 65.2 Å². The molecule has 1 heterocycles. The van der Waals surface area contributed by atoms with Gasteiger partial charge in [0.15, 0.2) is 0 Å². The highest BCUT2D eigenvalue weighted by molar-refractivity contribution is 7.15. The maximum atomic E-state index is 12.1. The molecule has 1 aromatic heterocycles. The number of carbonyl (C=O) groups is 1. The molecule has 3 rings (SSSR count). The summed E-state index contributed by atoms with van der Waals surface area (Å²) < 4.78 is 5.15. The third kappa shape index (κ3) is 4.36. The number of urea groups is 1. The van der Waals surface area contributed by atoms with Gasteiger partial charge in [-0.05, 0) is 19.1 Å². The quantitative estimate of drug-likeness (QED) is 0.712. The number of hydrogen-bond donors (Lipinski definition) is 2. The molecular weight excluding hydrogens is 334 g/mol. The Kier molecular flexibility index (Phi) is 5.30. The predicted octanol–water partition coefficient (Wildman–Crippen LogP) is 4.45. The van der Waals surface area contributed by atoms with Gasteiger partial charge in [0, 0.05) is 22.2 Å². The Hall–Kier alpha value is -2.86. The summed E-state index contributed by atoms with van der Waals surface area (Å²) in [5, 5.41) is 6.63. The second-order valence-electron chi connectivity index (χ2n) is 5.43. The third-order valence-corrected chi connectivity index (χ3v) is 4.86. The van der Waals surface area contributed by atoms with Gasteiger partial charge in [-0.25, -0.2) is 9.78 Å². The highest BCUT2D eigenvalue weighted by Gasteiger charge is 2.10. The van der Waals surface area contributed by atoms with Crippen molar-refractivity contribution in [1.29, 1.82) is 0 Å². The van der Waals surface area contributed by atoms with E-state index in [0.29, 0.717) is 18.0 Å². The SMILES string of the molecule is COc1cccc(NC(=O)NCc2sc(-c3ccccc3)nc2C)c1. The van der Waals surface area contributed by atoms with Gasteiger partial charge in [0.1, 0.15) is 10.8 Å². The van der Waals surface area contributed by atoms with Crippen LogP contribution in [-0.4, -0.2) is 18.1 Å². The molecule has 0 unspecified atom stereocenters. The van der Waals surface area contributed by atoms with E-state index in [0.717, 1.165) is 21.1 Å². The van der Waals surface area contributed by atoms with Gasteiger partial charge < -0.3 is 15.4 Å². The van der Waals surface area contributed by atoms with Crippen molar-refractivity contribution >= 4 is 23.1 Å². The zero-order valence-corrected chi connectivity index (χ0v) is 14.9. The Morgan fingerprint density at radius 1 is 1.16 bits per heavy atom. The van der Waals surface area contributed by atoms with Crippen molar-refractivity contribution in [2.75, 3.05) is 12.4 Å². The fourth-order valence-corrected chi connectivity index (χ4v) is 3.34. The molecule has 2 amide bonds. The summed E-state index contributed by atoms with van der Waals surface area (Å²) in [6.07, 6.45) is 0. The number of carbonyl (C=O) groups excluding carboxylic acids is 1. The largest absolute Gasteiger partial charge is 0.497 e. The summed E-state index contributed by atoms with van der Waals surface area (Å²) in [6, 6.07) is 17.0. The van der Waals surface area contributed by atoms with Crippen LogP contribution in [0.3, 0.4) is 0 Å². The second-order valence-corrected chi connectivity index (χ2v) is 6.52. The molecule has 0 aliphatic heterocycles. The lowest BCUT2D eigenvalue weighted by atomic mass is 10.2. The van der Waals surface area contributed by atoms with Crippen LogP contribution in [0.4, 0.5) is 10.5 Å². The minimum absolute atomic E-state index is 0.262. The Morgan fingerprint density at radius 2 is 1.96 bits per heavy atom. The van der Waals surface area contributed by atoms with Crippen LogP contribution in [-0.2, 0) is 6.54 Å². The smallest absolute Gasteiger partial charge is 0.319 e. The lowest BCUT2D eigenvalue weighted by Crippen LogP contribution is -2.28. The van der Waals surface area contributed by atoms with Gasteiger partial charge in [0.25, 0.3) is 0 Å². The van der Waals surface area contributed by atoms with Crippen LogP contribution in [0.1, 0.15) is 10.6 Å². The molecule has 0 aliphatic rings. The number of rotatable bonds is 5. The molecule has 6 heteroatoms. The van der Waals surface area contributed by atoms with Crippen LogP contribution in [0.5, 0.6) is 5.75 Å². The molecule has 0 aliphatic carbocycles. The third-order valence-electron chi connectivity index (χ3n) is 3.65. The van der Waals surface area contributed by atoms with Crippen LogP contribution >= 0.6 is 11.3 Å². The standard InChI is InChI=1S/C19H19N3O2S/c1-13-17(25-18(21-13)14-7-4-3-5-8-14)12-20-19(23)22-15-9-6-10-16(11-15)24-2/h3-11H,12H2,1-2H3,(H2,20,22,23). The highest BCUT2D eigenvalue weighted by Crippen LogP contribution is 2.27. The molecule has 128 valence electrons. The lowest BCUT2D eigenvalue weighted by molar-refractivity contribution is 0.252. The van der Waals surface area contributed by atoms with E-state index in [1.54, 1.807) is 24.5 Å². The van der Waals surface area contributed by atoms with E-state index in [9.17, 15) is 4.79 Å². The number of benzene rings is 2. The van der Waals surface area contributed by atoms with E-state index in [-0.39, 0.29) is 6.03 Å². The molecule has 2 aromatic carbocycles. The molecular formula is C19H19N3O2S. The number of nitrogens with one attached hydrogen (secondary N) is 2. The maximum absolute atomic E-state index is 12.1. The normalized spacial score (nSPS) is 10.3. The Labute approximate surface area is 150 Å². The van der Waals surface area contributed by atoms with Crippen molar-refractivity contribution in [1.82, 2.24) is 10.3 Å². The molecule has 0 saturated heterocycles. The van der Waals surface area contributed by atoms with Gasteiger partial charge in [-0.1, -0.05) is 36.4 Å². The number of amides is 2. The Bertz CT molecular complexity index is 862. The van der Waals surface area contributed by atoms with Crippen LogP contribution in [0.2, 0.25) is 0 Å². The van der Waals surface area contributed by atoms with Gasteiger partial charge in [-0.15, -0.1) is 11.3 Å². The van der Waals surface area contributed by atoms with Crippen LogP contribution in [0.25, 0.3) is 10.6 Å². The Balaban J connectivity index is 1.61. The van der Waals surface area contributed by atoms with Crippen molar-refractivity contribution in [2.24, 2.45) is 0 Å². The van der Waals surface area contributed by atoms with Crippen molar-refractivity contribution in [2.45, 2.75) is 13.5 Å². The van der Waals surface area contributed by atoms with E-state index < -0.39 is 0 Å². The average Bonchev–Trinajstić information content (AvgIpc) is 3.02. The van der Waals surface area contributed by atoms with Gasteiger partial charge in [-0.3, -0.25) is 0 Å². The number of hydrogen-bond acceptors (Lipinski definition) is 4. The average molecular weight is 353 g/mol. The monoisotopic (exact) mass is 353 g/mol. The van der Waals surface area contributed by atoms with Gasteiger partial charge in [0.2, 0.25) is 0 Å². The minimum Gasteiger partial charge on any atom is -0.497 e. The van der Waals surface area contributed by atoms with Crippen molar-refractivity contribution in [3.63, 3.8) is 0 Å². The molecule has 0 spiro atoms. The zero-order valence-electron chi connectivity index (χ0n) is 14.1. The molecule has 0 saturated carbocycles. The predicted molar refractivity (Wildman–Crippen MR) is 101 cm³/mol. The van der Waals surface area contributed by atoms with Crippen molar-refractivity contribution < 1.29 is 9.53 Å². The van der Waals surface area contributed by atoms with Gasteiger partial charge >= 0.3 is 6.03 Å². The number of anilines is 1. The molecule has 0 fully saturated rings. The fraction of sp³-hybridized carbons (Fsp3) is 0.158. The first-order valence-electron chi connectivity index (χ1n) is 7.86. The van der Waals surface area contributed by atoms with E-state index in [1.807, 2.05) is 55.5 Å². The van der Waals surface area contributed by atoms with Crippen molar-refractivity contribution in [3.8, 4) is 16.3 Å². The first-order valence-corrected chi connectivity index (χ1v) is 8.68. The number of aryl methyl sites for hydroxylation is 1. The molecule has 0 atom stereocenters. The molecule has 25 heavy (non-hydrogen) atoms. The van der Waals surface area contributed by atoms with Crippen LogP contribution in [0, 0.1) is 6.92 Å². The van der Waals surface area contributed by atoms with E-state index in [1.165, 1.54) is 0 Å². The minimum atomic E-state index is -0.262. The number of nitrogens with zero attached hydrogens (tertiary/aromatic N) is 1. The summed E-state index contributed by atoms with van der Waals surface area (Å²) >= 11 is 1.59. The van der Waals surface area contributed by atoms with Crippen LogP contribution in [0.15, 0.2) is 54.6 Å². The van der Waals surface area contributed by atoms with Gasteiger partial charge in [-0.2, -0.15) is 0 Å². The molecule has 5 nitrogen and oxygen atoms in total. The lowest BCUT2D eigenvalue weighted by Gasteiger charge is -2.08. The summed E-state index contributed by atoms with van der Waals surface area (Å²) in [5.74, 6) is 0.698. The first kappa shape index (κ1) is 17.0. The maximum Gasteiger partial charge on any atom is 0.319 e. The van der Waals surface area contributed by atoms with E-state index in [4.69, 9.17) is 4.74 Å². The summed E-state index contributed by atoms with van der Waals surface area (Å²) in [7, 11) is 1.59. The number of methoxy groups -OCH3 is 1. The number of ether oxygens (including phenoxy) is 1. The number of thiazole rings is 1. The molecule has 3 aromatic rings. The summed E-state index contributed by atoms with van der Waals surface area (Å²) in [4.78, 5) is 17.7. The van der Waals surface area contributed by atoms with E-state index >= 15 is 0 Å². The molecule has 0 bridgehead atoms. The summed E-state index contributed by atoms with van der Waals surface area (Å²) in [6.45, 7) is 2.39. The zero-order chi connectivity index (χ0) is 17.6. The first-order chi connectivity index (χ1) is 12.2. The number of aromatic nitrogens is 1. The summed E-state index contributed by atoms with van der Waals surface area (Å²) in [5.41, 5.74) is 2.70. The Morgan fingerprint density at radius 3 is 2.72 bits per heavy atom. The highest BCUT2D eigenvalue weighted by atomic mass is 32.1. The van der Waals surface area contributed by atoms with Gasteiger partial charge in [0.05, 0.1) is 19.3 Å². The topological polar surface area (TPSA) is 63.2 Å².